The summed E-state index contributed by atoms with van der Waals surface area (Å²) in [5.74, 6) is -0.334. The van der Waals surface area contributed by atoms with Crippen LogP contribution in [0.3, 0.4) is 0 Å². The summed E-state index contributed by atoms with van der Waals surface area (Å²) in [5.41, 5.74) is -0.917. The number of carbonyl (C=O) groups excluding carboxylic acids is 1. The standard InChI is InChI=1S/C16H22FNO3/c1-11-4-3-7-16(20,9-11)10-18-15(19)13-6-5-12(21-2)8-14(13)17/h5-6,8,11,20H,3-4,7,9-10H2,1-2H3,(H,18,19). The van der Waals surface area contributed by atoms with Crippen LogP contribution in [0, 0.1) is 11.7 Å². The van der Waals surface area contributed by atoms with Gasteiger partial charge in [-0.15, -0.1) is 0 Å². The lowest BCUT2D eigenvalue weighted by molar-refractivity contribution is -0.0109. The molecule has 0 aliphatic heterocycles. The minimum Gasteiger partial charge on any atom is -0.497 e. The van der Waals surface area contributed by atoms with Crippen molar-refractivity contribution < 1.29 is 19.0 Å². The maximum atomic E-state index is 13.8. The molecule has 1 aromatic rings. The first kappa shape index (κ1) is 15.8. The van der Waals surface area contributed by atoms with Crippen molar-refractivity contribution in [2.75, 3.05) is 13.7 Å². The van der Waals surface area contributed by atoms with Crippen LogP contribution in [0.5, 0.6) is 5.75 Å². The number of carbonyl (C=O) groups is 1. The zero-order chi connectivity index (χ0) is 15.5. The number of benzene rings is 1. The molecule has 1 fully saturated rings. The molecular formula is C16H22FNO3. The maximum Gasteiger partial charge on any atom is 0.254 e. The smallest absolute Gasteiger partial charge is 0.254 e. The number of amides is 1. The highest BCUT2D eigenvalue weighted by molar-refractivity contribution is 5.94. The van der Waals surface area contributed by atoms with Crippen molar-refractivity contribution in [3.63, 3.8) is 0 Å². The number of hydrogen-bond acceptors (Lipinski definition) is 3. The lowest BCUT2D eigenvalue weighted by Gasteiger charge is -2.35. The van der Waals surface area contributed by atoms with E-state index in [4.69, 9.17) is 4.74 Å². The van der Waals surface area contributed by atoms with Gasteiger partial charge in [-0.3, -0.25) is 4.79 Å². The molecule has 4 nitrogen and oxygen atoms in total. The van der Waals surface area contributed by atoms with E-state index in [0.717, 1.165) is 12.8 Å². The van der Waals surface area contributed by atoms with Crippen molar-refractivity contribution in [3.05, 3.63) is 29.6 Å². The number of halogens is 1. The van der Waals surface area contributed by atoms with Gasteiger partial charge in [-0.05, 0) is 30.9 Å². The quantitative estimate of drug-likeness (QED) is 0.897. The van der Waals surface area contributed by atoms with Crippen LogP contribution in [0.4, 0.5) is 4.39 Å². The molecule has 1 aliphatic carbocycles. The van der Waals surface area contributed by atoms with E-state index < -0.39 is 17.3 Å². The Morgan fingerprint density at radius 1 is 1.57 bits per heavy atom. The molecule has 0 bridgehead atoms. The zero-order valence-electron chi connectivity index (χ0n) is 12.5. The molecule has 2 unspecified atom stereocenters. The van der Waals surface area contributed by atoms with E-state index in [2.05, 4.69) is 12.2 Å². The minimum absolute atomic E-state index is 0.0387. The molecular weight excluding hydrogens is 273 g/mol. The Kier molecular flexibility index (Phi) is 4.83. The second-order valence-corrected chi connectivity index (χ2v) is 5.95. The Balaban J connectivity index is 1.98. The third kappa shape index (κ3) is 3.94. The lowest BCUT2D eigenvalue weighted by atomic mass is 9.79. The molecule has 0 spiro atoms. The van der Waals surface area contributed by atoms with E-state index in [1.165, 1.54) is 25.3 Å². The van der Waals surface area contributed by atoms with Gasteiger partial charge in [0.2, 0.25) is 0 Å². The number of nitrogens with one attached hydrogen (secondary N) is 1. The second kappa shape index (κ2) is 6.43. The number of aliphatic hydroxyl groups is 1. The van der Waals surface area contributed by atoms with Crippen LogP contribution in [-0.4, -0.2) is 30.3 Å². The Morgan fingerprint density at radius 2 is 2.33 bits per heavy atom. The lowest BCUT2D eigenvalue weighted by Crippen LogP contribution is -2.45. The van der Waals surface area contributed by atoms with Crippen LogP contribution < -0.4 is 10.1 Å². The van der Waals surface area contributed by atoms with Gasteiger partial charge in [0.25, 0.3) is 5.91 Å². The summed E-state index contributed by atoms with van der Waals surface area (Å²) >= 11 is 0. The van der Waals surface area contributed by atoms with Crippen molar-refractivity contribution in [2.45, 2.75) is 38.2 Å². The molecule has 1 saturated carbocycles. The van der Waals surface area contributed by atoms with E-state index in [9.17, 15) is 14.3 Å². The topological polar surface area (TPSA) is 58.6 Å². The Bertz CT molecular complexity index is 520. The number of rotatable bonds is 4. The molecule has 0 heterocycles. The molecule has 1 aliphatic rings. The van der Waals surface area contributed by atoms with Gasteiger partial charge in [-0.1, -0.05) is 19.8 Å². The van der Waals surface area contributed by atoms with Crippen LogP contribution in [0.15, 0.2) is 18.2 Å². The Morgan fingerprint density at radius 3 is 2.95 bits per heavy atom. The van der Waals surface area contributed by atoms with Crippen LogP contribution in [0.2, 0.25) is 0 Å². The molecule has 1 amide bonds. The molecule has 2 N–H and O–H groups in total. The average molecular weight is 295 g/mol. The van der Waals surface area contributed by atoms with Gasteiger partial charge < -0.3 is 15.2 Å². The minimum atomic E-state index is -0.879. The molecule has 5 heteroatoms. The molecule has 2 rings (SSSR count). The van der Waals surface area contributed by atoms with Gasteiger partial charge in [0, 0.05) is 12.6 Å². The molecule has 0 radical (unpaired) electrons. The first-order chi connectivity index (χ1) is 9.93. The maximum absolute atomic E-state index is 13.8. The third-order valence-electron chi connectivity index (χ3n) is 4.07. The molecule has 1 aromatic carbocycles. The molecule has 21 heavy (non-hydrogen) atoms. The molecule has 116 valence electrons. The number of methoxy groups -OCH3 is 1. The number of hydrogen-bond donors (Lipinski definition) is 2. The van der Waals surface area contributed by atoms with E-state index in [1.807, 2.05) is 0 Å². The Labute approximate surface area is 124 Å². The molecule has 2 atom stereocenters. The van der Waals surface area contributed by atoms with Gasteiger partial charge in [0.05, 0.1) is 18.3 Å². The van der Waals surface area contributed by atoms with Crippen molar-refractivity contribution in [1.82, 2.24) is 5.32 Å². The van der Waals surface area contributed by atoms with E-state index >= 15 is 0 Å². The van der Waals surface area contributed by atoms with Crippen molar-refractivity contribution in [3.8, 4) is 5.75 Å². The predicted octanol–water partition coefficient (Wildman–Crippen LogP) is 2.51. The van der Waals surface area contributed by atoms with Crippen molar-refractivity contribution in [2.24, 2.45) is 5.92 Å². The highest BCUT2D eigenvalue weighted by Gasteiger charge is 2.33. The first-order valence-electron chi connectivity index (χ1n) is 7.28. The Hall–Kier alpha value is -1.62. The summed E-state index contributed by atoms with van der Waals surface area (Å²) in [5, 5.41) is 13.1. The second-order valence-electron chi connectivity index (χ2n) is 5.95. The van der Waals surface area contributed by atoms with Gasteiger partial charge >= 0.3 is 0 Å². The van der Waals surface area contributed by atoms with Gasteiger partial charge in [-0.25, -0.2) is 4.39 Å². The summed E-state index contributed by atoms with van der Waals surface area (Å²) in [6.07, 6.45) is 3.38. The van der Waals surface area contributed by atoms with E-state index in [0.29, 0.717) is 24.5 Å². The third-order valence-corrected chi connectivity index (χ3v) is 4.07. The highest BCUT2D eigenvalue weighted by atomic mass is 19.1. The summed E-state index contributed by atoms with van der Waals surface area (Å²) in [7, 11) is 1.44. The van der Waals surface area contributed by atoms with Crippen LogP contribution in [0.1, 0.15) is 43.0 Å². The normalized spacial score (nSPS) is 25.4. The fourth-order valence-electron chi connectivity index (χ4n) is 2.94. The number of ether oxygens (including phenoxy) is 1. The van der Waals surface area contributed by atoms with Crippen molar-refractivity contribution >= 4 is 5.91 Å². The average Bonchev–Trinajstić information content (AvgIpc) is 2.44. The van der Waals surface area contributed by atoms with Gasteiger partial charge in [0.15, 0.2) is 0 Å². The van der Waals surface area contributed by atoms with Crippen LogP contribution in [0.25, 0.3) is 0 Å². The van der Waals surface area contributed by atoms with Gasteiger partial charge in [-0.2, -0.15) is 0 Å². The highest BCUT2D eigenvalue weighted by Crippen LogP contribution is 2.31. The van der Waals surface area contributed by atoms with Gasteiger partial charge in [0.1, 0.15) is 11.6 Å². The van der Waals surface area contributed by atoms with E-state index in [-0.39, 0.29) is 12.1 Å². The molecule has 0 aromatic heterocycles. The monoisotopic (exact) mass is 295 g/mol. The fraction of sp³-hybridized carbons (Fsp3) is 0.562. The van der Waals surface area contributed by atoms with E-state index in [1.54, 1.807) is 0 Å². The zero-order valence-corrected chi connectivity index (χ0v) is 12.5. The summed E-state index contributed by atoms with van der Waals surface area (Å²) in [4.78, 5) is 12.0. The fourth-order valence-corrected chi connectivity index (χ4v) is 2.94. The largest absolute Gasteiger partial charge is 0.497 e. The summed E-state index contributed by atoms with van der Waals surface area (Å²) < 4.78 is 18.7. The van der Waals surface area contributed by atoms with Crippen LogP contribution in [-0.2, 0) is 0 Å². The SMILES string of the molecule is COc1ccc(C(=O)NCC2(O)CCCC(C)C2)c(F)c1. The summed E-state index contributed by atoms with van der Waals surface area (Å²) in [6, 6.07) is 4.10. The van der Waals surface area contributed by atoms with Crippen LogP contribution >= 0.6 is 0 Å². The molecule has 0 saturated heterocycles. The predicted molar refractivity (Wildman–Crippen MR) is 77.9 cm³/mol. The van der Waals surface area contributed by atoms with Crippen molar-refractivity contribution in [1.29, 1.82) is 0 Å². The summed E-state index contributed by atoms with van der Waals surface area (Å²) in [6.45, 7) is 2.25. The first-order valence-corrected chi connectivity index (χ1v) is 7.28.